The van der Waals surface area contributed by atoms with E-state index in [1.54, 1.807) is 4.68 Å². The molecule has 6 heteroatoms. The number of hydrogen-bond donors (Lipinski definition) is 0. The number of likely N-dealkylation sites (tertiary alicyclic amines) is 1. The van der Waals surface area contributed by atoms with E-state index in [0.29, 0.717) is 25.2 Å². The van der Waals surface area contributed by atoms with E-state index in [2.05, 4.69) is 36.9 Å². The van der Waals surface area contributed by atoms with Crippen molar-refractivity contribution < 1.29 is 9.53 Å². The first kappa shape index (κ1) is 21.2. The number of rotatable bonds is 5. The van der Waals surface area contributed by atoms with Crippen molar-refractivity contribution in [2.75, 3.05) is 19.7 Å². The van der Waals surface area contributed by atoms with Crippen LogP contribution < -0.4 is 5.56 Å². The Morgan fingerprint density at radius 3 is 2.71 bits per heavy atom. The summed E-state index contributed by atoms with van der Waals surface area (Å²) in [6.07, 6.45) is 1.72. The number of carbonyl (C=O) groups excluding carboxylic acids is 1. The van der Waals surface area contributed by atoms with Gasteiger partial charge in [0.05, 0.1) is 30.3 Å². The standard InChI is InChI=1S/C25H29N3O3/c1-4-31-25(30)19-8-7-13-27(15-19)16-28-24(29)21-10-6-5-9-20(21)23(26-28)22-14-17(2)11-12-18(22)3/h5-6,9-12,14,19H,4,7-8,13,15-16H2,1-3H3. The van der Waals surface area contributed by atoms with Crippen molar-refractivity contribution in [1.29, 1.82) is 0 Å². The summed E-state index contributed by atoms with van der Waals surface area (Å²) in [5.41, 5.74) is 4.01. The number of fused-ring (bicyclic) bond motifs is 1. The highest BCUT2D eigenvalue weighted by molar-refractivity contribution is 5.94. The number of esters is 1. The molecular weight excluding hydrogens is 390 g/mol. The highest BCUT2D eigenvalue weighted by Gasteiger charge is 2.27. The van der Waals surface area contributed by atoms with Crippen LogP contribution in [-0.2, 0) is 16.2 Å². The fourth-order valence-corrected chi connectivity index (χ4v) is 4.35. The number of benzene rings is 2. The number of piperidine rings is 1. The number of hydrogen-bond acceptors (Lipinski definition) is 5. The lowest BCUT2D eigenvalue weighted by atomic mass is 9.98. The van der Waals surface area contributed by atoms with E-state index < -0.39 is 0 Å². The van der Waals surface area contributed by atoms with E-state index in [0.717, 1.165) is 47.2 Å². The molecule has 0 saturated carbocycles. The van der Waals surface area contributed by atoms with Crippen LogP contribution >= 0.6 is 0 Å². The highest BCUT2D eigenvalue weighted by Crippen LogP contribution is 2.28. The summed E-state index contributed by atoms with van der Waals surface area (Å²) >= 11 is 0. The van der Waals surface area contributed by atoms with Crippen molar-refractivity contribution in [2.24, 2.45) is 5.92 Å². The van der Waals surface area contributed by atoms with Gasteiger partial charge in [-0.2, -0.15) is 5.10 Å². The number of ether oxygens (including phenoxy) is 1. The highest BCUT2D eigenvalue weighted by atomic mass is 16.5. The van der Waals surface area contributed by atoms with Gasteiger partial charge in [0, 0.05) is 17.5 Å². The van der Waals surface area contributed by atoms with Gasteiger partial charge in [0.15, 0.2) is 0 Å². The monoisotopic (exact) mass is 419 g/mol. The Labute approximate surface area is 182 Å². The van der Waals surface area contributed by atoms with Crippen molar-refractivity contribution in [3.63, 3.8) is 0 Å². The topological polar surface area (TPSA) is 64.4 Å². The number of carbonyl (C=O) groups is 1. The van der Waals surface area contributed by atoms with Crippen LogP contribution in [0, 0.1) is 19.8 Å². The fourth-order valence-electron chi connectivity index (χ4n) is 4.35. The summed E-state index contributed by atoms with van der Waals surface area (Å²) < 4.78 is 6.76. The van der Waals surface area contributed by atoms with Crippen LogP contribution in [0.4, 0.5) is 0 Å². The molecule has 0 amide bonds. The summed E-state index contributed by atoms with van der Waals surface area (Å²) in [6.45, 7) is 8.11. The van der Waals surface area contributed by atoms with Gasteiger partial charge in [-0.1, -0.05) is 35.9 Å². The van der Waals surface area contributed by atoms with Crippen LogP contribution in [0.15, 0.2) is 47.3 Å². The molecule has 6 nitrogen and oxygen atoms in total. The molecule has 1 saturated heterocycles. The number of aromatic nitrogens is 2. The molecule has 0 N–H and O–H groups in total. The summed E-state index contributed by atoms with van der Waals surface area (Å²) in [7, 11) is 0. The van der Waals surface area contributed by atoms with Crippen molar-refractivity contribution in [3.8, 4) is 11.3 Å². The van der Waals surface area contributed by atoms with E-state index in [9.17, 15) is 9.59 Å². The lowest BCUT2D eigenvalue weighted by Crippen LogP contribution is -2.42. The van der Waals surface area contributed by atoms with E-state index in [-0.39, 0.29) is 17.4 Å². The summed E-state index contributed by atoms with van der Waals surface area (Å²) in [4.78, 5) is 27.6. The Bertz CT molecular complexity index is 1170. The summed E-state index contributed by atoms with van der Waals surface area (Å²) in [6, 6.07) is 13.9. The van der Waals surface area contributed by atoms with Crippen molar-refractivity contribution in [1.82, 2.24) is 14.7 Å². The van der Waals surface area contributed by atoms with Crippen LogP contribution in [0.1, 0.15) is 30.9 Å². The molecule has 0 aliphatic carbocycles. The number of nitrogens with zero attached hydrogens (tertiary/aromatic N) is 3. The van der Waals surface area contributed by atoms with Crippen molar-refractivity contribution >= 4 is 16.7 Å². The van der Waals surface area contributed by atoms with Crippen LogP contribution in [0.3, 0.4) is 0 Å². The first-order valence-corrected chi connectivity index (χ1v) is 10.9. The maximum absolute atomic E-state index is 13.2. The molecule has 0 spiro atoms. The van der Waals surface area contributed by atoms with Gasteiger partial charge in [-0.25, -0.2) is 4.68 Å². The van der Waals surface area contributed by atoms with Gasteiger partial charge < -0.3 is 4.74 Å². The van der Waals surface area contributed by atoms with Gasteiger partial charge in [0.25, 0.3) is 5.56 Å². The molecule has 2 heterocycles. The lowest BCUT2D eigenvalue weighted by molar-refractivity contribution is -0.150. The smallest absolute Gasteiger partial charge is 0.310 e. The molecule has 1 aliphatic heterocycles. The molecule has 2 aromatic carbocycles. The molecule has 162 valence electrons. The van der Waals surface area contributed by atoms with Gasteiger partial charge in [0.1, 0.15) is 0 Å². The predicted octanol–water partition coefficient (Wildman–Crippen LogP) is 3.91. The average Bonchev–Trinajstić information content (AvgIpc) is 2.78. The van der Waals surface area contributed by atoms with Gasteiger partial charge in [-0.15, -0.1) is 0 Å². The maximum atomic E-state index is 13.2. The zero-order chi connectivity index (χ0) is 22.0. The van der Waals surface area contributed by atoms with Gasteiger partial charge in [-0.05, 0) is 57.9 Å². The van der Waals surface area contributed by atoms with E-state index in [1.165, 1.54) is 0 Å². The zero-order valence-corrected chi connectivity index (χ0v) is 18.4. The fraction of sp³-hybridized carbons (Fsp3) is 0.400. The second-order valence-electron chi connectivity index (χ2n) is 8.33. The van der Waals surface area contributed by atoms with Crippen LogP contribution in [0.25, 0.3) is 22.0 Å². The SMILES string of the molecule is CCOC(=O)C1CCCN(Cn2nc(-c3cc(C)ccc3C)c3ccccc3c2=O)C1. The maximum Gasteiger partial charge on any atom is 0.310 e. The number of aryl methyl sites for hydroxylation is 2. The largest absolute Gasteiger partial charge is 0.466 e. The molecule has 1 atom stereocenters. The third-order valence-electron chi connectivity index (χ3n) is 5.98. The molecular formula is C25H29N3O3. The Balaban J connectivity index is 1.74. The molecule has 0 radical (unpaired) electrons. The van der Waals surface area contributed by atoms with E-state index in [4.69, 9.17) is 9.84 Å². The van der Waals surface area contributed by atoms with Crippen LogP contribution in [0.5, 0.6) is 0 Å². The van der Waals surface area contributed by atoms with Gasteiger partial charge >= 0.3 is 5.97 Å². The lowest BCUT2D eigenvalue weighted by Gasteiger charge is -2.31. The summed E-state index contributed by atoms with van der Waals surface area (Å²) in [5, 5.41) is 6.34. The van der Waals surface area contributed by atoms with E-state index >= 15 is 0 Å². The Hall–Kier alpha value is -2.99. The second-order valence-corrected chi connectivity index (χ2v) is 8.33. The molecule has 3 aromatic rings. The second kappa shape index (κ2) is 9.02. The van der Waals surface area contributed by atoms with E-state index in [1.807, 2.05) is 31.2 Å². The third-order valence-corrected chi connectivity index (χ3v) is 5.98. The first-order chi connectivity index (χ1) is 15.0. The molecule has 31 heavy (non-hydrogen) atoms. The molecule has 0 bridgehead atoms. The molecule has 1 fully saturated rings. The minimum absolute atomic E-state index is 0.108. The summed E-state index contributed by atoms with van der Waals surface area (Å²) in [5.74, 6) is -0.301. The Kier molecular flexibility index (Phi) is 6.18. The minimum Gasteiger partial charge on any atom is -0.466 e. The van der Waals surface area contributed by atoms with Gasteiger partial charge in [-0.3, -0.25) is 14.5 Å². The van der Waals surface area contributed by atoms with Gasteiger partial charge in [0.2, 0.25) is 0 Å². The third kappa shape index (κ3) is 4.39. The van der Waals surface area contributed by atoms with Crippen molar-refractivity contribution in [3.05, 3.63) is 63.9 Å². The minimum atomic E-state index is -0.151. The molecule has 1 aliphatic rings. The Morgan fingerprint density at radius 1 is 1.16 bits per heavy atom. The van der Waals surface area contributed by atoms with Crippen molar-refractivity contribution in [2.45, 2.75) is 40.3 Å². The van der Waals surface area contributed by atoms with Crippen LogP contribution in [-0.4, -0.2) is 40.3 Å². The predicted molar refractivity (Wildman–Crippen MR) is 122 cm³/mol. The molecule has 4 rings (SSSR count). The normalized spacial score (nSPS) is 17.1. The average molecular weight is 420 g/mol. The quantitative estimate of drug-likeness (QED) is 0.587. The Morgan fingerprint density at radius 2 is 1.94 bits per heavy atom. The zero-order valence-electron chi connectivity index (χ0n) is 18.4. The van der Waals surface area contributed by atoms with Crippen LogP contribution in [0.2, 0.25) is 0 Å². The molecule has 1 aromatic heterocycles. The first-order valence-electron chi connectivity index (χ1n) is 10.9. The molecule has 1 unspecified atom stereocenters.